The monoisotopic (exact) mass is 783 g/mol. The number of fused-ring (bicyclic) bond motifs is 12. The van der Waals surface area contributed by atoms with Crippen LogP contribution in [0.15, 0.2) is 54.6 Å². The first kappa shape index (κ1) is 38.2. The van der Waals surface area contributed by atoms with Crippen molar-refractivity contribution in [3.05, 3.63) is 71.3 Å². The third kappa shape index (κ3) is 6.55. The third-order valence-electron chi connectivity index (χ3n) is 18.6. The molecular weight excluding hydrogens is 715 g/mol. The van der Waals surface area contributed by atoms with Crippen LogP contribution in [0.5, 0.6) is 0 Å². The van der Waals surface area contributed by atoms with E-state index in [1.165, 1.54) is 70.8 Å². The zero-order chi connectivity index (χ0) is 37.5. The highest BCUT2D eigenvalue weighted by Gasteiger charge is 2.65. The molecule has 3 heterocycles. The van der Waals surface area contributed by atoms with Crippen LogP contribution in [-0.4, -0.2) is 62.9 Å². The molecule has 2 aromatic rings. The lowest BCUT2D eigenvalue weighted by Gasteiger charge is -2.62. The molecule has 6 heteroatoms. The van der Waals surface area contributed by atoms with Gasteiger partial charge in [0.2, 0.25) is 0 Å². The number of benzene rings is 2. The molecule has 2 bridgehead atoms. The number of rotatable bonds is 3. The number of aliphatic hydroxyl groups is 3. The average Bonchev–Trinajstić information content (AvgIpc) is 3.82. The summed E-state index contributed by atoms with van der Waals surface area (Å²) in [6, 6.07) is 21.3. The van der Waals surface area contributed by atoms with Crippen molar-refractivity contribution in [1.29, 1.82) is 0 Å². The highest BCUT2D eigenvalue weighted by molar-refractivity contribution is 8.76. The van der Waals surface area contributed by atoms with E-state index in [0.717, 1.165) is 50.2 Å². The minimum Gasteiger partial charge on any atom is -0.393 e. The largest absolute Gasteiger partial charge is 0.393 e. The topological polar surface area (TPSA) is 63.9 Å². The quantitative estimate of drug-likeness (QED) is 0.270. The molecule has 5 aliphatic carbocycles. The van der Waals surface area contributed by atoms with Crippen molar-refractivity contribution in [2.45, 2.75) is 151 Å². The SMILES string of the molecule is C[C@]1(O)[C@@H]2CC[C@@H]3[C@@H](C[C@H]4[C@@H]3C[C@H](O)[C@H]3C[C@@H](O)CC[C@@]34C)[C@@H]2CN2C[C@@H]3CC[C@H](CC4(c5ccccc5)CCCC4)c4ccccc4CSSC[C@@H](C3)[C@H]21. The molecule has 3 N–H and O–H groups in total. The Kier molecular flexibility index (Phi) is 10.4. The van der Waals surface area contributed by atoms with Crippen LogP contribution < -0.4 is 0 Å². The molecule has 7 fully saturated rings. The second-order valence-corrected chi connectivity index (χ2v) is 23.6. The molecule has 0 unspecified atom stereocenters. The summed E-state index contributed by atoms with van der Waals surface area (Å²) < 4.78 is 0. The molecular formula is C49H69NO3S2. The van der Waals surface area contributed by atoms with E-state index >= 15 is 0 Å². The summed E-state index contributed by atoms with van der Waals surface area (Å²) in [6.45, 7) is 7.09. The van der Waals surface area contributed by atoms with Crippen LogP contribution in [-0.2, 0) is 11.2 Å². The van der Waals surface area contributed by atoms with E-state index in [1.807, 2.05) is 0 Å². The van der Waals surface area contributed by atoms with Crippen LogP contribution in [0.4, 0.5) is 0 Å². The second kappa shape index (κ2) is 14.9. The first-order valence-corrected chi connectivity index (χ1v) is 25.3. The Balaban J connectivity index is 0.924. The van der Waals surface area contributed by atoms with Crippen LogP contribution in [0.3, 0.4) is 0 Å². The first-order valence-electron chi connectivity index (χ1n) is 22.8. The van der Waals surface area contributed by atoms with Gasteiger partial charge in [0.1, 0.15) is 0 Å². The molecule has 55 heavy (non-hydrogen) atoms. The van der Waals surface area contributed by atoms with Crippen LogP contribution in [0.2, 0.25) is 0 Å². The minimum atomic E-state index is -0.667. The van der Waals surface area contributed by atoms with Crippen LogP contribution in [0, 0.1) is 58.7 Å². The highest BCUT2D eigenvalue weighted by atomic mass is 33.1. The molecule has 0 radical (unpaired) electrons. The zero-order valence-corrected chi connectivity index (χ0v) is 35.4. The minimum absolute atomic E-state index is 0.141. The fraction of sp³-hybridized carbons (Fsp3) is 0.755. The summed E-state index contributed by atoms with van der Waals surface area (Å²) >= 11 is 0. The van der Waals surface area contributed by atoms with Crippen LogP contribution >= 0.6 is 21.6 Å². The third-order valence-corrected chi connectivity index (χ3v) is 21.0. The lowest BCUT2D eigenvalue weighted by atomic mass is 9.51. The van der Waals surface area contributed by atoms with Crippen molar-refractivity contribution in [3.63, 3.8) is 0 Å². The summed E-state index contributed by atoms with van der Waals surface area (Å²) in [5, 5.41) is 35.2. The van der Waals surface area contributed by atoms with Crippen LogP contribution in [0.1, 0.15) is 133 Å². The lowest BCUT2D eigenvalue weighted by molar-refractivity contribution is -0.190. The summed E-state index contributed by atoms with van der Waals surface area (Å²) in [5.74, 6) is 7.77. The van der Waals surface area contributed by atoms with Gasteiger partial charge in [-0.25, -0.2) is 0 Å². The van der Waals surface area contributed by atoms with Gasteiger partial charge in [0, 0.05) is 30.6 Å². The van der Waals surface area contributed by atoms with Gasteiger partial charge in [-0.15, -0.1) is 0 Å². The maximum absolute atomic E-state index is 13.0. The van der Waals surface area contributed by atoms with Crippen molar-refractivity contribution < 1.29 is 15.3 Å². The first-order chi connectivity index (χ1) is 26.6. The Bertz CT molecular complexity index is 1660. The Morgan fingerprint density at radius 2 is 1.51 bits per heavy atom. The summed E-state index contributed by atoms with van der Waals surface area (Å²) in [4.78, 5) is 2.88. The maximum Gasteiger partial charge on any atom is 0.0808 e. The fourth-order valence-corrected chi connectivity index (χ4v) is 18.8. The van der Waals surface area contributed by atoms with Crippen molar-refractivity contribution in [2.75, 3.05) is 18.8 Å². The molecule has 300 valence electrons. The Labute approximate surface area is 340 Å². The lowest BCUT2D eigenvalue weighted by Crippen LogP contribution is -2.70. The van der Waals surface area contributed by atoms with Gasteiger partial charge in [0.05, 0.1) is 17.8 Å². The molecule has 10 rings (SSSR count). The van der Waals surface area contributed by atoms with Gasteiger partial charge in [0.25, 0.3) is 0 Å². The van der Waals surface area contributed by atoms with E-state index in [0.29, 0.717) is 58.7 Å². The molecule has 8 aliphatic rings. The molecule has 3 aliphatic heterocycles. The average molecular weight is 784 g/mol. The maximum atomic E-state index is 13.0. The van der Waals surface area contributed by atoms with Gasteiger partial charge in [-0.1, -0.05) is 96.0 Å². The summed E-state index contributed by atoms with van der Waals surface area (Å²) in [7, 11) is 4.16. The van der Waals surface area contributed by atoms with Gasteiger partial charge in [-0.3, -0.25) is 4.90 Å². The molecule has 0 aromatic heterocycles. The normalized spacial score (nSPS) is 46.7. The van der Waals surface area contributed by atoms with Gasteiger partial charge in [-0.05, 0) is 177 Å². The van der Waals surface area contributed by atoms with Crippen LogP contribution in [0.25, 0.3) is 0 Å². The Morgan fingerprint density at radius 1 is 0.709 bits per heavy atom. The number of nitrogens with zero attached hydrogens (tertiary/aromatic N) is 1. The van der Waals surface area contributed by atoms with E-state index in [-0.39, 0.29) is 29.6 Å². The van der Waals surface area contributed by atoms with E-state index in [1.54, 1.807) is 16.7 Å². The van der Waals surface area contributed by atoms with E-state index in [9.17, 15) is 15.3 Å². The van der Waals surface area contributed by atoms with Gasteiger partial charge in [0.15, 0.2) is 0 Å². The molecule has 15 atom stereocenters. The summed E-state index contributed by atoms with van der Waals surface area (Å²) in [5.41, 5.74) is 4.51. The Morgan fingerprint density at radius 3 is 2.35 bits per heavy atom. The van der Waals surface area contributed by atoms with Gasteiger partial charge < -0.3 is 15.3 Å². The number of piperidine rings is 2. The van der Waals surface area contributed by atoms with Crippen molar-refractivity contribution >= 4 is 21.6 Å². The predicted octanol–water partition coefficient (Wildman–Crippen LogP) is 10.2. The summed E-state index contributed by atoms with van der Waals surface area (Å²) in [6.07, 6.45) is 17.3. The highest BCUT2D eigenvalue weighted by Crippen LogP contribution is 2.67. The molecule has 5 saturated carbocycles. The number of hydrogen-bond donors (Lipinski definition) is 3. The van der Waals surface area contributed by atoms with Crippen molar-refractivity contribution in [2.24, 2.45) is 58.7 Å². The predicted molar refractivity (Wildman–Crippen MR) is 228 cm³/mol. The molecule has 2 saturated heterocycles. The number of aliphatic hydroxyl groups excluding tert-OH is 2. The smallest absolute Gasteiger partial charge is 0.0808 e. The molecule has 2 aromatic carbocycles. The fourth-order valence-electron chi connectivity index (χ4n) is 16.3. The standard InChI is InChI=1S/C49H69NO3S2/c1-47-21-18-36(51)23-44(47)45(52)25-40-38-16-17-42-41(39(38)24-43(40)47)28-50-27-31-14-15-32(26-49(19-8-9-20-49)35-11-4-3-5-12-35)37-13-7-6-10-33(37)29-54-55-30-34(22-31)46(50)48(42,2)53/h3-7,10-13,31-32,34,36,38-46,51-53H,8-9,14-30H2,1-2H3/t31-,32-,34-,36+,38-,39-,40-,41+,42-,43+,44-,45+,46+,47-,48+/m1/s1. The van der Waals surface area contributed by atoms with Crippen molar-refractivity contribution in [1.82, 2.24) is 4.90 Å². The van der Waals surface area contributed by atoms with E-state index in [4.69, 9.17) is 0 Å². The Hall–Kier alpha value is -1.02. The molecule has 4 nitrogen and oxygen atoms in total. The molecule has 0 spiro atoms. The van der Waals surface area contributed by atoms with E-state index < -0.39 is 5.60 Å². The van der Waals surface area contributed by atoms with Crippen molar-refractivity contribution in [3.8, 4) is 0 Å². The van der Waals surface area contributed by atoms with E-state index in [2.05, 4.69) is 94.9 Å². The second-order valence-electron chi connectivity index (χ2n) is 21.1. The van der Waals surface area contributed by atoms with Gasteiger partial charge >= 0.3 is 0 Å². The molecule has 0 amide bonds. The van der Waals surface area contributed by atoms with Gasteiger partial charge in [-0.2, -0.15) is 0 Å². The zero-order valence-electron chi connectivity index (χ0n) is 33.7. The number of hydrogen-bond acceptors (Lipinski definition) is 6.